The van der Waals surface area contributed by atoms with Crippen LogP contribution in [-0.4, -0.2) is 35.5 Å². The van der Waals surface area contributed by atoms with Crippen LogP contribution in [0.3, 0.4) is 0 Å². The maximum absolute atomic E-state index is 12.6. The van der Waals surface area contributed by atoms with Gasteiger partial charge in [0.15, 0.2) is 0 Å². The summed E-state index contributed by atoms with van der Waals surface area (Å²) >= 11 is 1.72. The van der Waals surface area contributed by atoms with Crippen LogP contribution in [0.25, 0.3) is 0 Å². The quantitative estimate of drug-likeness (QED) is 0.854. The van der Waals surface area contributed by atoms with E-state index in [1.54, 1.807) is 11.3 Å². The smallest absolute Gasteiger partial charge is 0.252 e. The first-order chi connectivity index (χ1) is 9.82. The van der Waals surface area contributed by atoms with Gasteiger partial charge < -0.3 is 9.64 Å². The fraction of sp³-hybridized carbons (Fsp3) is 0.750. The van der Waals surface area contributed by atoms with E-state index >= 15 is 0 Å². The Balaban J connectivity index is 2.15. The normalized spacial score (nSPS) is 23.6. The Morgan fingerprint density at radius 3 is 2.57 bits per heavy atom. The average molecular weight is 310 g/mol. The Morgan fingerprint density at radius 1 is 1.43 bits per heavy atom. The molecule has 1 aliphatic rings. The monoisotopic (exact) mass is 310 g/mol. The number of carbonyl (C=O) groups is 1. The third-order valence-electron chi connectivity index (χ3n) is 4.28. The molecule has 5 heteroatoms. The highest BCUT2D eigenvalue weighted by atomic mass is 32.1. The number of carbonyl (C=O) groups excluding carboxylic acids is 1. The number of amides is 1. The molecule has 0 aromatic carbocycles. The highest BCUT2D eigenvalue weighted by Gasteiger charge is 2.35. The molecule has 4 nitrogen and oxygen atoms in total. The minimum atomic E-state index is -0.282. The number of rotatable bonds is 4. The minimum Gasteiger partial charge on any atom is -0.368 e. The van der Waals surface area contributed by atoms with Crippen LogP contribution >= 0.6 is 11.3 Å². The van der Waals surface area contributed by atoms with Crippen LogP contribution in [0.5, 0.6) is 0 Å². The van der Waals surface area contributed by atoms with E-state index < -0.39 is 0 Å². The summed E-state index contributed by atoms with van der Waals surface area (Å²) in [5.74, 6) is 0.821. The van der Waals surface area contributed by atoms with Crippen LogP contribution in [0.15, 0.2) is 0 Å². The number of aromatic nitrogens is 1. The molecule has 1 saturated heterocycles. The first-order valence-corrected chi connectivity index (χ1v) is 8.50. The molecule has 1 aromatic rings. The molecule has 2 heterocycles. The molecule has 1 aliphatic heterocycles. The van der Waals surface area contributed by atoms with Gasteiger partial charge in [0.2, 0.25) is 0 Å². The molecule has 1 aromatic heterocycles. The van der Waals surface area contributed by atoms with Crippen LogP contribution in [0.4, 0.5) is 0 Å². The highest BCUT2D eigenvalue weighted by molar-refractivity contribution is 7.11. The molecule has 0 radical (unpaired) electrons. The van der Waals surface area contributed by atoms with Crippen LogP contribution < -0.4 is 0 Å². The lowest BCUT2D eigenvalue weighted by atomic mass is 10.0. The lowest BCUT2D eigenvalue weighted by molar-refractivity contribution is -0.143. The van der Waals surface area contributed by atoms with Gasteiger partial charge in [-0.3, -0.25) is 4.79 Å². The zero-order valence-corrected chi connectivity index (χ0v) is 14.7. The average Bonchev–Trinajstić information content (AvgIpc) is 3.02. The number of hydrogen-bond donors (Lipinski definition) is 0. The van der Waals surface area contributed by atoms with E-state index in [0.717, 1.165) is 17.1 Å². The molecule has 3 atom stereocenters. The second-order valence-corrected chi connectivity index (χ2v) is 7.40. The van der Waals surface area contributed by atoms with E-state index in [4.69, 9.17) is 4.74 Å². The Labute approximate surface area is 131 Å². The molecule has 1 fully saturated rings. The fourth-order valence-corrected chi connectivity index (χ4v) is 3.81. The van der Waals surface area contributed by atoms with Crippen LogP contribution in [0, 0.1) is 12.8 Å². The molecule has 21 heavy (non-hydrogen) atoms. The van der Waals surface area contributed by atoms with Crippen molar-refractivity contribution in [1.82, 2.24) is 9.88 Å². The Morgan fingerprint density at radius 2 is 2.10 bits per heavy atom. The summed E-state index contributed by atoms with van der Waals surface area (Å²) in [7, 11) is 1.87. The largest absolute Gasteiger partial charge is 0.368 e. The van der Waals surface area contributed by atoms with Crippen molar-refractivity contribution in [3.63, 3.8) is 0 Å². The van der Waals surface area contributed by atoms with Gasteiger partial charge in [-0.1, -0.05) is 20.8 Å². The van der Waals surface area contributed by atoms with Crippen LogP contribution in [-0.2, 0) is 9.53 Å². The van der Waals surface area contributed by atoms with E-state index in [-0.39, 0.29) is 18.1 Å². The summed E-state index contributed by atoms with van der Waals surface area (Å²) in [4.78, 5) is 20.2. The number of thiazole rings is 1. The number of ether oxygens (including phenoxy) is 1. The number of likely N-dealkylation sites (N-methyl/N-ethyl adjacent to an activating group) is 1. The Hall–Kier alpha value is -0.940. The van der Waals surface area contributed by atoms with E-state index in [1.807, 2.05) is 18.9 Å². The molecule has 0 aliphatic carbocycles. The first-order valence-electron chi connectivity index (χ1n) is 7.68. The molecular weight excluding hydrogens is 284 g/mol. The van der Waals surface area contributed by atoms with Crippen molar-refractivity contribution in [3.05, 3.63) is 15.6 Å². The maximum Gasteiger partial charge on any atom is 0.252 e. The molecule has 0 bridgehead atoms. The van der Waals surface area contributed by atoms with Gasteiger partial charge in [0, 0.05) is 24.4 Å². The topological polar surface area (TPSA) is 42.4 Å². The summed E-state index contributed by atoms with van der Waals surface area (Å²) in [6.45, 7) is 11.2. The standard InChI is InChI=1S/C16H26N2O2S/c1-9(2)15-17-11(4)14(21-15)12(5)18(6)16(19)13-10(3)7-8-20-13/h9-10,12-13H,7-8H2,1-6H3/t10-,12-,13-/m0/s1. The summed E-state index contributed by atoms with van der Waals surface area (Å²) in [5.41, 5.74) is 1.04. The molecule has 118 valence electrons. The van der Waals surface area contributed by atoms with Crippen molar-refractivity contribution in [1.29, 1.82) is 0 Å². The molecular formula is C16H26N2O2S. The molecule has 2 rings (SSSR count). The Bertz CT molecular complexity index is 512. The van der Waals surface area contributed by atoms with E-state index in [0.29, 0.717) is 18.4 Å². The first kappa shape index (κ1) is 16.4. The van der Waals surface area contributed by atoms with Gasteiger partial charge in [0.05, 0.1) is 16.7 Å². The molecule has 0 spiro atoms. The zero-order chi connectivity index (χ0) is 15.7. The van der Waals surface area contributed by atoms with E-state index in [1.165, 1.54) is 4.88 Å². The summed E-state index contributed by atoms with van der Waals surface area (Å²) < 4.78 is 5.60. The second-order valence-electron chi connectivity index (χ2n) is 6.34. The lowest BCUT2D eigenvalue weighted by Gasteiger charge is -2.28. The summed E-state index contributed by atoms with van der Waals surface area (Å²) in [6.07, 6.45) is 0.686. The van der Waals surface area contributed by atoms with Crippen molar-refractivity contribution in [3.8, 4) is 0 Å². The van der Waals surface area contributed by atoms with Gasteiger partial charge in [-0.15, -0.1) is 11.3 Å². The van der Waals surface area contributed by atoms with Crippen LogP contribution in [0.1, 0.15) is 61.7 Å². The summed E-state index contributed by atoms with van der Waals surface area (Å²) in [5, 5.41) is 1.14. The third-order valence-corrected chi connectivity index (χ3v) is 5.91. The Kier molecular flexibility index (Phi) is 5.04. The molecule has 0 N–H and O–H groups in total. The summed E-state index contributed by atoms with van der Waals surface area (Å²) in [6, 6.07) is 0.0406. The molecule has 0 unspecified atom stereocenters. The van der Waals surface area contributed by atoms with Gasteiger partial charge in [0.1, 0.15) is 6.10 Å². The van der Waals surface area contributed by atoms with Gasteiger partial charge in [-0.2, -0.15) is 0 Å². The SMILES string of the molecule is Cc1nc(C(C)C)sc1[C@H](C)N(C)C(=O)[C@H]1OCC[C@@H]1C. The van der Waals surface area contributed by atoms with Crippen LogP contribution in [0.2, 0.25) is 0 Å². The number of nitrogens with zero attached hydrogens (tertiary/aromatic N) is 2. The van der Waals surface area contributed by atoms with Gasteiger partial charge in [-0.25, -0.2) is 4.98 Å². The van der Waals surface area contributed by atoms with Crippen molar-refractivity contribution in [2.24, 2.45) is 5.92 Å². The predicted octanol–water partition coefficient (Wildman–Crippen LogP) is 3.52. The van der Waals surface area contributed by atoms with E-state index in [9.17, 15) is 4.79 Å². The maximum atomic E-state index is 12.6. The predicted molar refractivity (Wildman–Crippen MR) is 85.6 cm³/mol. The van der Waals surface area contributed by atoms with Gasteiger partial charge >= 0.3 is 0 Å². The third kappa shape index (κ3) is 3.29. The number of aryl methyl sites for hydroxylation is 1. The lowest BCUT2D eigenvalue weighted by Crippen LogP contribution is -2.40. The van der Waals surface area contributed by atoms with Crippen molar-refractivity contribution >= 4 is 17.2 Å². The van der Waals surface area contributed by atoms with Crippen molar-refractivity contribution < 1.29 is 9.53 Å². The molecule has 1 amide bonds. The zero-order valence-electron chi connectivity index (χ0n) is 13.8. The van der Waals surface area contributed by atoms with Crippen molar-refractivity contribution in [2.75, 3.05) is 13.7 Å². The van der Waals surface area contributed by atoms with E-state index in [2.05, 4.69) is 32.7 Å². The highest BCUT2D eigenvalue weighted by Crippen LogP contribution is 2.33. The van der Waals surface area contributed by atoms with Gasteiger partial charge in [0.25, 0.3) is 5.91 Å². The minimum absolute atomic E-state index is 0.0406. The second kappa shape index (κ2) is 6.44. The van der Waals surface area contributed by atoms with Crippen molar-refractivity contribution in [2.45, 2.75) is 59.1 Å². The number of hydrogen-bond acceptors (Lipinski definition) is 4. The van der Waals surface area contributed by atoms with Gasteiger partial charge in [-0.05, 0) is 26.2 Å². The fourth-order valence-electron chi connectivity index (χ4n) is 2.64. The molecule has 0 saturated carbocycles.